The van der Waals surface area contributed by atoms with Gasteiger partial charge in [0, 0.05) is 26.2 Å². The predicted molar refractivity (Wildman–Crippen MR) is 59.8 cm³/mol. The van der Waals surface area contributed by atoms with E-state index < -0.39 is 0 Å². The number of rotatable bonds is 4. The van der Waals surface area contributed by atoms with Crippen LogP contribution in [0.2, 0.25) is 0 Å². The Labute approximate surface area is 89.7 Å². The van der Waals surface area contributed by atoms with E-state index in [1.54, 1.807) is 6.07 Å². The SMILES string of the molecule is CC(CC=O)c1ccc(F)cc1N(C)C. The van der Waals surface area contributed by atoms with Crippen molar-refractivity contribution in [1.82, 2.24) is 0 Å². The third-order valence-corrected chi connectivity index (χ3v) is 2.45. The highest BCUT2D eigenvalue weighted by molar-refractivity contribution is 5.58. The first-order chi connectivity index (χ1) is 7.06. The second-order valence-corrected chi connectivity index (χ2v) is 3.90. The van der Waals surface area contributed by atoms with Crippen LogP contribution >= 0.6 is 0 Å². The Morgan fingerprint density at radius 1 is 1.47 bits per heavy atom. The van der Waals surface area contributed by atoms with Gasteiger partial charge in [0.1, 0.15) is 12.1 Å². The van der Waals surface area contributed by atoms with Crippen LogP contribution in [0.15, 0.2) is 18.2 Å². The van der Waals surface area contributed by atoms with Crippen LogP contribution in [0.5, 0.6) is 0 Å². The van der Waals surface area contributed by atoms with Gasteiger partial charge in [0.25, 0.3) is 0 Å². The fourth-order valence-electron chi connectivity index (χ4n) is 1.59. The molecule has 0 bridgehead atoms. The highest BCUT2D eigenvalue weighted by Crippen LogP contribution is 2.28. The molecule has 0 saturated carbocycles. The van der Waals surface area contributed by atoms with Crippen molar-refractivity contribution in [3.8, 4) is 0 Å². The van der Waals surface area contributed by atoms with Gasteiger partial charge in [-0.05, 0) is 23.6 Å². The van der Waals surface area contributed by atoms with Crippen molar-refractivity contribution in [3.05, 3.63) is 29.6 Å². The Hall–Kier alpha value is -1.38. The lowest BCUT2D eigenvalue weighted by molar-refractivity contribution is -0.108. The zero-order chi connectivity index (χ0) is 11.4. The Morgan fingerprint density at radius 3 is 2.67 bits per heavy atom. The van der Waals surface area contributed by atoms with Gasteiger partial charge >= 0.3 is 0 Å². The summed E-state index contributed by atoms with van der Waals surface area (Å²) in [7, 11) is 3.73. The lowest BCUT2D eigenvalue weighted by Crippen LogP contribution is -2.13. The molecular weight excluding hydrogens is 193 g/mol. The maximum absolute atomic E-state index is 13.1. The summed E-state index contributed by atoms with van der Waals surface area (Å²) in [4.78, 5) is 12.3. The quantitative estimate of drug-likeness (QED) is 0.710. The van der Waals surface area contributed by atoms with Gasteiger partial charge in [-0.1, -0.05) is 13.0 Å². The lowest BCUT2D eigenvalue weighted by atomic mass is 9.96. The molecule has 0 spiro atoms. The minimum absolute atomic E-state index is 0.125. The van der Waals surface area contributed by atoms with Gasteiger partial charge in [-0.2, -0.15) is 0 Å². The number of halogens is 1. The molecule has 0 aliphatic carbocycles. The number of hydrogen-bond acceptors (Lipinski definition) is 2. The molecule has 0 aromatic heterocycles. The number of anilines is 1. The number of carbonyl (C=O) groups is 1. The Bertz CT molecular complexity index is 349. The van der Waals surface area contributed by atoms with E-state index in [0.29, 0.717) is 6.42 Å². The Kier molecular flexibility index (Phi) is 3.83. The van der Waals surface area contributed by atoms with Crippen LogP contribution in [0.1, 0.15) is 24.8 Å². The second-order valence-electron chi connectivity index (χ2n) is 3.90. The molecule has 0 aliphatic rings. The molecule has 3 heteroatoms. The largest absolute Gasteiger partial charge is 0.377 e. The molecule has 0 heterocycles. The molecule has 0 N–H and O–H groups in total. The molecular formula is C12H16FNO. The summed E-state index contributed by atoms with van der Waals surface area (Å²) in [5.41, 5.74) is 1.85. The van der Waals surface area contributed by atoms with Crippen molar-refractivity contribution >= 4 is 12.0 Å². The number of benzene rings is 1. The van der Waals surface area contributed by atoms with Crippen LogP contribution in [-0.4, -0.2) is 20.4 Å². The topological polar surface area (TPSA) is 20.3 Å². The van der Waals surface area contributed by atoms with Gasteiger partial charge in [0.15, 0.2) is 0 Å². The van der Waals surface area contributed by atoms with Crippen molar-refractivity contribution in [3.63, 3.8) is 0 Å². The van der Waals surface area contributed by atoms with Crippen LogP contribution in [0.25, 0.3) is 0 Å². The van der Waals surface area contributed by atoms with Crippen molar-refractivity contribution in [2.24, 2.45) is 0 Å². The number of carbonyl (C=O) groups excluding carboxylic acids is 1. The summed E-state index contributed by atoms with van der Waals surface area (Å²) >= 11 is 0. The second kappa shape index (κ2) is 4.91. The smallest absolute Gasteiger partial charge is 0.125 e. The van der Waals surface area contributed by atoms with Gasteiger partial charge in [-0.15, -0.1) is 0 Å². The predicted octanol–water partition coefficient (Wildman–Crippen LogP) is 2.58. The van der Waals surface area contributed by atoms with Gasteiger partial charge in [-0.25, -0.2) is 4.39 Å². The van der Waals surface area contributed by atoms with E-state index in [1.165, 1.54) is 12.1 Å². The van der Waals surface area contributed by atoms with Crippen LogP contribution < -0.4 is 4.90 Å². The molecule has 15 heavy (non-hydrogen) atoms. The molecule has 2 nitrogen and oxygen atoms in total. The first-order valence-corrected chi connectivity index (χ1v) is 4.96. The summed E-state index contributed by atoms with van der Waals surface area (Å²) < 4.78 is 13.1. The number of nitrogens with zero attached hydrogens (tertiary/aromatic N) is 1. The summed E-state index contributed by atoms with van der Waals surface area (Å²) in [6.07, 6.45) is 1.36. The normalized spacial score (nSPS) is 12.3. The van der Waals surface area contributed by atoms with E-state index in [2.05, 4.69) is 0 Å². The summed E-state index contributed by atoms with van der Waals surface area (Å²) in [5, 5.41) is 0. The first kappa shape index (κ1) is 11.7. The van der Waals surface area contributed by atoms with Gasteiger partial charge in [0.05, 0.1) is 0 Å². The molecule has 1 atom stereocenters. The van der Waals surface area contributed by atoms with Gasteiger partial charge < -0.3 is 9.69 Å². The van der Waals surface area contributed by atoms with Gasteiger partial charge in [0.2, 0.25) is 0 Å². The van der Waals surface area contributed by atoms with E-state index in [1.807, 2.05) is 25.9 Å². The van der Waals surface area contributed by atoms with Gasteiger partial charge in [-0.3, -0.25) is 0 Å². The molecule has 0 amide bonds. The first-order valence-electron chi connectivity index (χ1n) is 4.96. The molecule has 82 valence electrons. The van der Waals surface area contributed by atoms with Crippen LogP contribution in [0, 0.1) is 5.82 Å². The highest BCUT2D eigenvalue weighted by Gasteiger charge is 2.12. The summed E-state index contributed by atoms with van der Waals surface area (Å²) in [5.74, 6) is -0.124. The highest BCUT2D eigenvalue weighted by atomic mass is 19.1. The van der Waals surface area contributed by atoms with Crippen LogP contribution in [-0.2, 0) is 4.79 Å². The van der Waals surface area contributed by atoms with Crippen LogP contribution in [0.4, 0.5) is 10.1 Å². The van der Waals surface area contributed by atoms with Crippen molar-refractivity contribution in [1.29, 1.82) is 0 Å². The average Bonchev–Trinajstić information content (AvgIpc) is 2.17. The van der Waals surface area contributed by atoms with Crippen molar-refractivity contribution in [2.45, 2.75) is 19.3 Å². The summed E-state index contributed by atoms with van der Waals surface area (Å²) in [6.45, 7) is 1.97. The zero-order valence-corrected chi connectivity index (χ0v) is 9.33. The zero-order valence-electron chi connectivity index (χ0n) is 9.33. The maximum atomic E-state index is 13.1. The number of hydrogen-bond donors (Lipinski definition) is 0. The van der Waals surface area contributed by atoms with E-state index in [4.69, 9.17) is 0 Å². The van der Waals surface area contributed by atoms with E-state index in [9.17, 15) is 9.18 Å². The minimum atomic E-state index is -0.249. The van der Waals surface area contributed by atoms with E-state index >= 15 is 0 Å². The molecule has 0 radical (unpaired) electrons. The third-order valence-electron chi connectivity index (χ3n) is 2.45. The van der Waals surface area contributed by atoms with Crippen LogP contribution in [0.3, 0.4) is 0 Å². The minimum Gasteiger partial charge on any atom is -0.377 e. The molecule has 0 aliphatic heterocycles. The third kappa shape index (κ3) is 2.78. The standard InChI is InChI=1S/C12H16FNO/c1-9(6-7-15)11-5-4-10(13)8-12(11)14(2)3/h4-5,7-9H,6H2,1-3H3. The molecule has 1 aromatic rings. The Morgan fingerprint density at radius 2 is 2.13 bits per heavy atom. The van der Waals surface area contributed by atoms with Crippen molar-refractivity contribution in [2.75, 3.05) is 19.0 Å². The molecule has 0 fully saturated rings. The van der Waals surface area contributed by atoms with E-state index in [-0.39, 0.29) is 11.7 Å². The van der Waals surface area contributed by atoms with E-state index in [0.717, 1.165) is 17.5 Å². The monoisotopic (exact) mass is 209 g/mol. The molecule has 0 saturated heterocycles. The fraction of sp³-hybridized carbons (Fsp3) is 0.417. The summed E-state index contributed by atoms with van der Waals surface area (Å²) in [6, 6.07) is 4.68. The lowest BCUT2D eigenvalue weighted by Gasteiger charge is -2.20. The fourth-order valence-corrected chi connectivity index (χ4v) is 1.59. The Balaban J connectivity index is 3.10. The average molecular weight is 209 g/mol. The molecule has 1 unspecified atom stereocenters. The maximum Gasteiger partial charge on any atom is 0.125 e. The van der Waals surface area contributed by atoms with Crippen molar-refractivity contribution < 1.29 is 9.18 Å². The molecule has 1 rings (SSSR count). The number of aldehydes is 1. The molecule has 1 aromatic carbocycles.